The number of hydrogen-bond acceptors (Lipinski definition) is 6. The first-order valence-corrected chi connectivity index (χ1v) is 6.80. The fourth-order valence-corrected chi connectivity index (χ4v) is 3.83. The number of aryl methyl sites for hydroxylation is 1. The molecule has 1 fully saturated rings. The van der Waals surface area contributed by atoms with E-state index >= 15 is 0 Å². The molecule has 1 unspecified atom stereocenters. The zero-order chi connectivity index (χ0) is 12.3. The number of nitrogens with zero attached hydrogens (tertiary/aromatic N) is 3. The number of fused-ring (bicyclic) bond motifs is 5. The summed E-state index contributed by atoms with van der Waals surface area (Å²) in [5.41, 5.74) is 1.42. The molecule has 18 heavy (non-hydrogen) atoms. The number of aromatic nitrogens is 1. The van der Waals surface area contributed by atoms with E-state index in [4.69, 9.17) is 4.42 Å². The maximum atomic E-state index is 11.9. The van der Waals surface area contributed by atoms with Gasteiger partial charge in [-0.3, -0.25) is 4.99 Å². The van der Waals surface area contributed by atoms with Gasteiger partial charge in [0.05, 0.1) is 5.56 Å². The van der Waals surface area contributed by atoms with Crippen molar-refractivity contribution in [3.05, 3.63) is 21.9 Å². The van der Waals surface area contributed by atoms with Crippen molar-refractivity contribution in [2.75, 3.05) is 11.4 Å². The number of anilines is 1. The number of aliphatic imine (C=N–C) groups is 1. The minimum atomic E-state index is -0.291. The van der Waals surface area contributed by atoms with Crippen LogP contribution in [-0.2, 0) is 0 Å². The molecule has 2 aromatic rings. The molecule has 2 aromatic heterocycles. The number of thiophene rings is 1. The first-order valence-electron chi connectivity index (χ1n) is 5.98. The highest BCUT2D eigenvalue weighted by Crippen LogP contribution is 2.40. The zero-order valence-corrected chi connectivity index (χ0v) is 10.7. The largest absolute Gasteiger partial charge is 0.408 e. The van der Waals surface area contributed by atoms with Gasteiger partial charge in [-0.15, -0.1) is 11.3 Å². The van der Waals surface area contributed by atoms with Crippen molar-refractivity contribution in [3.63, 3.8) is 0 Å². The van der Waals surface area contributed by atoms with Crippen molar-refractivity contribution < 1.29 is 4.42 Å². The average molecular weight is 261 g/mol. The third-order valence-electron chi connectivity index (χ3n) is 3.45. The van der Waals surface area contributed by atoms with E-state index < -0.39 is 0 Å². The van der Waals surface area contributed by atoms with Gasteiger partial charge in [0.1, 0.15) is 21.4 Å². The molecule has 0 aromatic carbocycles. The first-order chi connectivity index (χ1) is 8.74. The van der Waals surface area contributed by atoms with E-state index in [1.807, 2.05) is 6.21 Å². The minimum absolute atomic E-state index is 0.249. The second-order valence-corrected chi connectivity index (χ2v) is 5.61. The Morgan fingerprint density at radius 3 is 3.33 bits per heavy atom. The monoisotopic (exact) mass is 261 g/mol. The van der Waals surface area contributed by atoms with Crippen LogP contribution in [0.4, 0.5) is 5.00 Å². The minimum Gasteiger partial charge on any atom is -0.408 e. The molecule has 2 aliphatic rings. The van der Waals surface area contributed by atoms with Crippen molar-refractivity contribution in [2.24, 2.45) is 4.99 Å². The third kappa shape index (κ3) is 1.23. The Kier molecular flexibility index (Phi) is 1.94. The summed E-state index contributed by atoms with van der Waals surface area (Å²) in [5, 5.41) is 1.12. The number of rotatable bonds is 0. The molecule has 1 saturated heterocycles. The summed E-state index contributed by atoms with van der Waals surface area (Å²) < 4.78 is 5.66. The smallest absolute Gasteiger partial charge is 0.357 e. The molecule has 0 spiro atoms. The Balaban J connectivity index is 2.07. The Bertz CT molecular complexity index is 731. The van der Waals surface area contributed by atoms with Crippen LogP contribution in [0.5, 0.6) is 0 Å². The van der Waals surface area contributed by atoms with Crippen LogP contribution in [0.2, 0.25) is 0 Å². The van der Waals surface area contributed by atoms with Crippen LogP contribution in [0.15, 0.2) is 14.2 Å². The summed E-state index contributed by atoms with van der Waals surface area (Å²) >= 11 is 1.48. The summed E-state index contributed by atoms with van der Waals surface area (Å²) in [6, 6.07) is 0. The third-order valence-corrected chi connectivity index (χ3v) is 4.66. The van der Waals surface area contributed by atoms with Crippen LogP contribution in [-0.4, -0.2) is 23.9 Å². The first kappa shape index (κ1) is 10.3. The van der Waals surface area contributed by atoms with Gasteiger partial charge in [-0.1, -0.05) is 0 Å². The fourth-order valence-electron chi connectivity index (χ4n) is 2.66. The molecule has 1 atom stereocenters. The lowest BCUT2D eigenvalue weighted by Gasteiger charge is -2.25. The van der Waals surface area contributed by atoms with E-state index in [1.165, 1.54) is 11.3 Å². The molecule has 0 radical (unpaired) electrons. The topological polar surface area (TPSA) is 58.7 Å². The molecule has 0 bridgehead atoms. The van der Waals surface area contributed by atoms with Crippen LogP contribution >= 0.6 is 11.3 Å². The van der Waals surface area contributed by atoms with Crippen LogP contribution in [0.1, 0.15) is 24.3 Å². The molecule has 0 saturated carbocycles. The zero-order valence-electron chi connectivity index (χ0n) is 9.84. The molecular formula is C12H11N3O2S. The standard InChI is InChI=1S/C12H11N3O2S/c1-6-14-9-7-5-13-8-3-2-4-15(8)11(7)18-10(9)12(16)17-6/h5,8H,2-4H2,1H3. The van der Waals surface area contributed by atoms with Gasteiger partial charge in [0.25, 0.3) is 0 Å². The molecular weight excluding hydrogens is 250 g/mol. The highest BCUT2D eigenvalue weighted by molar-refractivity contribution is 7.23. The van der Waals surface area contributed by atoms with E-state index in [0.29, 0.717) is 10.6 Å². The highest BCUT2D eigenvalue weighted by atomic mass is 32.1. The van der Waals surface area contributed by atoms with Gasteiger partial charge >= 0.3 is 5.63 Å². The normalized spacial score (nSPS) is 21.4. The van der Waals surface area contributed by atoms with Crippen LogP contribution in [0.3, 0.4) is 0 Å². The average Bonchev–Trinajstić information content (AvgIpc) is 2.91. The predicted octanol–water partition coefficient (Wildman–Crippen LogP) is 1.92. The number of hydrogen-bond donors (Lipinski definition) is 0. The lowest BCUT2D eigenvalue weighted by atomic mass is 10.2. The molecule has 5 nitrogen and oxygen atoms in total. The second-order valence-electron chi connectivity index (χ2n) is 4.61. The van der Waals surface area contributed by atoms with Gasteiger partial charge in [0.15, 0.2) is 5.89 Å². The Labute approximate surface area is 107 Å². The molecule has 4 heterocycles. The molecule has 0 aliphatic carbocycles. The lowest BCUT2D eigenvalue weighted by Crippen LogP contribution is -2.30. The Hall–Kier alpha value is -1.69. The summed E-state index contributed by atoms with van der Waals surface area (Å²) in [4.78, 5) is 23.0. The predicted molar refractivity (Wildman–Crippen MR) is 70.9 cm³/mol. The van der Waals surface area contributed by atoms with E-state index in [0.717, 1.165) is 35.5 Å². The van der Waals surface area contributed by atoms with Crippen LogP contribution < -0.4 is 10.5 Å². The molecule has 0 amide bonds. The highest BCUT2D eigenvalue weighted by Gasteiger charge is 2.31. The van der Waals surface area contributed by atoms with Crippen molar-refractivity contribution in [1.82, 2.24) is 4.98 Å². The fraction of sp³-hybridized carbons (Fsp3) is 0.417. The van der Waals surface area contributed by atoms with Gasteiger partial charge < -0.3 is 9.32 Å². The Morgan fingerprint density at radius 2 is 2.44 bits per heavy atom. The van der Waals surface area contributed by atoms with Gasteiger partial charge in [-0.2, -0.15) is 0 Å². The maximum absolute atomic E-state index is 11.9. The van der Waals surface area contributed by atoms with E-state index in [9.17, 15) is 4.79 Å². The van der Waals surface area contributed by atoms with Gasteiger partial charge in [-0.25, -0.2) is 9.78 Å². The molecule has 6 heteroatoms. The van der Waals surface area contributed by atoms with E-state index in [2.05, 4.69) is 14.9 Å². The summed E-state index contributed by atoms with van der Waals surface area (Å²) in [6.07, 6.45) is 4.35. The quantitative estimate of drug-likeness (QED) is 0.727. The van der Waals surface area contributed by atoms with Crippen LogP contribution in [0.25, 0.3) is 10.2 Å². The molecule has 92 valence electrons. The SMILES string of the molecule is Cc1nc2c3c(sc2c(=O)o1)N1CCCC1N=C3. The summed E-state index contributed by atoms with van der Waals surface area (Å²) in [5.74, 6) is 0.407. The van der Waals surface area contributed by atoms with Gasteiger partial charge in [0, 0.05) is 19.7 Å². The second kappa shape index (κ2) is 3.41. The van der Waals surface area contributed by atoms with E-state index in [1.54, 1.807) is 6.92 Å². The Morgan fingerprint density at radius 1 is 1.56 bits per heavy atom. The van der Waals surface area contributed by atoms with Gasteiger partial charge in [-0.05, 0) is 12.8 Å². The van der Waals surface area contributed by atoms with Crippen molar-refractivity contribution >= 4 is 32.8 Å². The van der Waals surface area contributed by atoms with Crippen molar-refractivity contribution in [1.29, 1.82) is 0 Å². The lowest BCUT2D eigenvalue weighted by molar-refractivity contribution is 0.468. The molecule has 0 N–H and O–H groups in total. The van der Waals surface area contributed by atoms with Gasteiger partial charge in [0.2, 0.25) is 0 Å². The summed E-state index contributed by atoms with van der Waals surface area (Å²) in [7, 11) is 0. The van der Waals surface area contributed by atoms with Crippen LogP contribution in [0, 0.1) is 6.92 Å². The summed E-state index contributed by atoms with van der Waals surface area (Å²) in [6.45, 7) is 2.70. The maximum Gasteiger partial charge on any atom is 0.357 e. The molecule has 4 rings (SSSR count). The van der Waals surface area contributed by atoms with E-state index in [-0.39, 0.29) is 11.8 Å². The van der Waals surface area contributed by atoms with Crippen molar-refractivity contribution in [2.45, 2.75) is 25.9 Å². The van der Waals surface area contributed by atoms with Crippen molar-refractivity contribution in [3.8, 4) is 0 Å². The molecule has 2 aliphatic heterocycles.